The lowest BCUT2D eigenvalue weighted by molar-refractivity contribution is -0.399. The van der Waals surface area contributed by atoms with Gasteiger partial charge in [0.1, 0.15) is 42.4 Å². The molecular formula is C17H21N5O9. The first-order chi connectivity index (χ1) is 14.8. The van der Waals surface area contributed by atoms with E-state index < -0.39 is 60.7 Å². The average Bonchev–Trinajstić information content (AvgIpc) is 3.28. The minimum absolute atomic E-state index is 0.0190. The van der Waals surface area contributed by atoms with E-state index in [-0.39, 0.29) is 12.2 Å². The summed E-state index contributed by atoms with van der Waals surface area (Å²) in [6.07, 6.45) is -7.37. The van der Waals surface area contributed by atoms with Crippen LogP contribution in [0.15, 0.2) is 12.7 Å². The molecule has 31 heavy (non-hydrogen) atoms. The van der Waals surface area contributed by atoms with Crippen LogP contribution in [0.4, 0.5) is 5.82 Å². The molecule has 2 aromatic rings. The van der Waals surface area contributed by atoms with Crippen LogP contribution in [0.25, 0.3) is 11.2 Å². The van der Waals surface area contributed by atoms with E-state index >= 15 is 0 Å². The van der Waals surface area contributed by atoms with E-state index in [0.717, 1.165) is 0 Å². The minimum atomic E-state index is -2.20. The molecule has 5 rings (SSSR count). The first-order valence-electron chi connectivity index (χ1n) is 9.52. The molecule has 6 N–H and O–H groups in total. The highest BCUT2D eigenvalue weighted by Gasteiger charge is 2.65. The fourth-order valence-corrected chi connectivity index (χ4v) is 4.59. The Kier molecular flexibility index (Phi) is 4.63. The Morgan fingerprint density at radius 3 is 2.77 bits per heavy atom. The Balaban J connectivity index is 1.47. The number of carboxylic acid groups (broad SMARTS) is 1. The normalized spacial score (nSPS) is 42.3. The van der Waals surface area contributed by atoms with Gasteiger partial charge < -0.3 is 45.1 Å². The van der Waals surface area contributed by atoms with Crippen LogP contribution in [0.3, 0.4) is 0 Å². The fourth-order valence-electron chi connectivity index (χ4n) is 4.59. The molecule has 14 heteroatoms. The monoisotopic (exact) mass is 439 g/mol. The summed E-state index contributed by atoms with van der Waals surface area (Å²) in [4.78, 5) is 23.6. The zero-order chi connectivity index (χ0) is 22.1. The van der Waals surface area contributed by atoms with Crippen LogP contribution >= 0.6 is 0 Å². The minimum Gasteiger partial charge on any atom is -0.479 e. The maximum atomic E-state index is 11.5. The lowest BCUT2D eigenvalue weighted by atomic mass is 9.84. The summed E-state index contributed by atoms with van der Waals surface area (Å²) in [7, 11) is 1.20. The van der Waals surface area contributed by atoms with Crippen LogP contribution in [0.5, 0.6) is 0 Å². The SMILES string of the molecule is CO[C@H]1[C@H](O)[C@H](C(=O)O)O[C@H]2C[C@H]3O[C@@H](n4cnc5c(N)ncnc54)[C@H](O)[C@H]3O[C@]21O. The number of hydrogen-bond acceptors (Lipinski definition) is 12. The van der Waals surface area contributed by atoms with Gasteiger partial charge in [-0.2, -0.15) is 0 Å². The van der Waals surface area contributed by atoms with Gasteiger partial charge in [0.25, 0.3) is 0 Å². The number of methoxy groups -OCH3 is 1. The third-order valence-electron chi connectivity index (χ3n) is 6.04. The molecule has 3 aliphatic rings. The lowest BCUT2D eigenvalue weighted by Crippen LogP contribution is -2.72. The van der Waals surface area contributed by atoms with Gasteiger partial charge in [-0.05, 0) is 0 Å². The van der Waals surface area contributed by atoms with Crippen LogP contribution in [-0.4, -0.2) is 102 Å². The van der Waals surface area contributed by atoms with E-state index in [1.54, 1.807) is 0 Å². The first kappa shape index (κ1) is 20.4. The maximum Gasteiger partial charge on any atom is 0.335 e. The van der Waals surface area contributed by atoms with Crippen molar-refractivity contribution in [2.45, 2.75) is 61.2 Å². The molecule has 0 amide bonds. The van der Waals surface area contributed by atoms with E-state index in [2.05, 4.69) is 15.0 Å². The van der Waals surface area contributed by atoms with Crippen molar-refractivity contribution in [3.8, 4) is 0 Å². The number of anilines is 1. The molecule has 0 aromatic carbocycles. The predicted octanol–water partition coefficient (Wildman–Crippen LogP) is -2.63. The summed E-state index contributed by atoms with van der Waals surface area (Å²) >= 11 is 0. The molecule has 0 saturated carbocycles. The van der Waals surface area contributed by atoms with Crippen LogP contribution in [0, 0.1) is 0 Å². The van der Waals surface area contributed by atoms with Crippen molar-refractivity contribution in [1.29, 1.82) is 0 Å². The number of rotatable bonds is 3. The Bertz CT molecular complexity index is 1020. The smallest absolute Gasteiger partial charge is 0.335 e. The number of ether oxygens (including phenoxy) is 4. The van der Waals surface area contributed by atoms with Crippen molar-refractivity contribution in [3.05, 3.63) is 12.7 Å². The largest absolute Gasteiger partial charge is 0.479 e. The number of aliphatic hydroxyl groups is 3. The van der Waals surface area contributed by atoms with Gasteiger partial charge >= 0.3 is 5.97 Å². The highest BCUT2D eigenvalue weighted by Crippen LogP contribution is 2.46. The number of aliphatic carboxylic acids is 1. The average molecular weight is 439 g/mol. The summed E-state index contributed by atoms with van der Waals surface area (Å²) in [5.74, 6) is -3.45. The number of fused-ring (bicyclic) bond motifs is 3. The fraction of sp³-hybridized carbons (Fsp3) is 0.647. The number of carbonyl (C=O) groups is 1. The Hall–Kier alpha value is -2.46. The molecule has 0 bridgehead atoms. The van der Waals surface area contributed by atoms with Gasteiger partial charge in [-0.3, -0.25) is 4.57 Å². The van der Waals surface area contributed by atoms with Crippen LogP contribution in [-0.2, 0) is 23.7 Å². The topological polar surface area (TPSA) is 205 Å². The molecule has 0 unspecified atom stereocenters. The van der Waals surface area contributed by atoms with Crippen LogP contribution in [0.1, 0.15) is 12.6 Å². The first-order valence-corrected chi connectivity index (χ1v) is 9.52. The van der Waals surface area contributed by atoms with Crippen molar-refractivity contribution in [2.24, 2.45) is 0 Å². The lowest BCUT2D eigenvalue weighted by Gasteiger charge is -2.52. The van der Waals surface area contributed by atoms with Gasteiger partial charge in [0, 0.05) is 13.5 Å². The van der Waals surface area contributed by atoms with Crippen molar-refractivity contribution in [2.75, 3.05) is 12.8 Å². The third-order valence-corrected chi connectivity index (χ3v) is 6.04. The van der Waals surface area contributed by atoms with E-state index in [1.165, 1.54) is 24.3 Å². The summed E-state index contributed by atoms with van der Waals surface area (Å²) in [5, 5.41) is 41.8. The maximum absolute atomic E-state index is 11.5. The Morgan fingerprint density at radius 2 is 2.06 bits per heavy atom. The number of nitrogens with zero attached hydrogens (tertiary/aromatic N) is 4. The third kappa shape index (κ3) is 2.84. The second-order valence-corrected chi connectivity index (χ2v) is 7.74. The molecule has 0 spiro atoms. The molecule has 3 fully saturated rings. The number of carboxylic acids is 1. The Labute approximate surface area is 174 Å². The number of imidazole rings is 1. The zero-order valence-electron chi connectivity index (χ0n) is 16.2. The molecule has 2 aromatic heterocycles. The molecule has 0 radical (unpaired) electrons. The summed E-state index contributed by atoms with van der Waals surface area (Å²) in [6.45, 7) is 0. The van der Waals surface area contributed by atoms with Gasteiger partial charge in [0.15, 0.2) is 23.8 Å². The van der Waals surface area contributed by atoms with E-state index in [1.807, 2.05) is 0 Å². The van der Waals surface area contributed by atoms with Crippen molar-refractivity contribution in [1.82, 2.24) is 19.5 Å². The second-order valence-electron chi connectivity index (χ2n) is 7.74. The molecular weight excluding hydrogens is 418 g/mol. The van der Waals surface area contributed by atoms with Gasteiger partial charge in [0.05, 0.1) is 12.4 Å². The molecule has 3 aliphatic heterocycles. The van der Waals surface area contributed by atoms with Crippen molar-refractivity contribution in [3.63, 3.8) is 0 Å². The number of hydrogen-bond donors (Lipinski definition) is 5. The van der Waals surface area contributed by atoms with Gasteiger partial charge in [-0.1, -0.05) is 0 Å². The van der Waals surface area contributed by atoms with Crippen molar-refractivity contribution < 1.29 is 44.2 Å². The van der Waals surface area contributed by atoms with Gasteiger partial charge in [0.2, 0.25) is 5.79 Å². The van der Waals surface area contributed by atoms with E-state index in [0.29, 0.717) is 11.2 Å². The quantitative estimate of drug-likeness (QED) is 0.332. The van der Waals surface area contributed by atoms with E-state index in [9.17, 15) is 25.2 Å². The second kappa shape index (κ2) is 7.03. The molecule has 14 nitrogen and oxygen atoms in total. The van der Waals surface area contributed by atoms with Crippen molar-refractivity contribution >= 4 is 23.0 Å². The molecule has 0 aliphatic carbocycles. The highest BCUT2D eigenvalue weighted by atomic mass is 16.7. The predicted molar refractivity (Wildman–Crippen MR) is 97.2 cm³/mol. The number of nitrogen functional groups attached to an aromatic ring is 1. The molecule has 5 heterocycles. The highest BCUT2D eigenvalue weighted by molar-refractivity contribution is 5.81. The number of aromatic nitrogens is 4. The van der Waals surface area contributed by atoms with E-state index in [4.69, 9.17) is 24.7 Å². The zero-order valence-corrected chi connectivity index (χ0v) is 16.2. The van der Waals surface area contributed by atoms with Gasteiger partial charge in [-0.25, -0.2) is 19.7 Å². The Morgan fingerprint density at radius 1 is 1.29 bits per heavy atom. The molecule has 9 atom stereocenters. The summed E-state index contributed by atoms with van der Waals surface area (Å²) < 4.78 is 23.8. The van der Waals surface area contributed by atoms with Crippen LogP contribution in [0.2, 0.25) is 0 Å². The molecule has 168 valence electrons. The van der Waals surface area contributed by atoms with Crippen LogP contribution < -0.4 is 5.73 Å². The number of nitrogens with two attached hydrogens (primary N) is 1. The summed E-state index contributed by atoms with van der Waals surface area (Å²) in [6, 6.07) is 0. The number of aliphatic hydroxyl groups excluding tert-OH is 2. The summed E-state index contributed by atoms with van der Waals surface area (Å²) in [5.41, 5.74) is 6.47. The van der Waals surface area contributed by atoms with Gasteiger partial charge in [-0.15, -0.1) is 0 Å². The standard InChI is InChI=1S/C17H21N5O9/c1-28-12-8(23)11(16(25)26)30-6-2-5-10(31-17(6,12)27)9(24)15(29-5)22-4-21-7-13(18)19-3-20-14(7)22/h3-6,8-12,15,23-24,27H,2H2,1H3,(H,25,26)(H2,18,19,20)/t5-,6+,8-,9-,10+,11-,12+,15-,17-/m1/s1. The molecule has 3 saturated heterocycles.